The number of allylic oxidation sites excluding steroid dienone is 2. The van der Waals surface area contributed by atoms with Gasteiger partial charge in [0.1, 0.15) is 22.9 Å². The highest BCUT2D eigenvalue weighted by atomic mass is 16.3. The maximum Gasteiger partial charge on any atom is 0.255 e. The van der Waals surface area contributed by atoms with E-state index >= 15 is 0 Å². The number of nitrogens with two attached hydrogens (primary N) is 1. The minimum atomic E-state index is -2.75. The number of hydrogen-bond acceptors (Lipinski definition) is 9. The van der Waals surface area contributed by atoms with Crippen LogP contribution in [0.15, 0.2) is 45.6 Å². The second-order valence-electron chi connectivity index (χ2n) is 8.92. The zero-order chi connectivity index (χ0) is 24.5. The first kappa shape index (κ1) is 23.7. The first-order valence-corrected chi connectivity index (χ1v) is 10.1. The van der Waals surface area contributed by atoms with Crippen LogP contribution in [0.3, 0.4) is 0 Å². The fourth-order valence-electron chi connectivity index (χ4n) is 5.48. The van der Waals surface area contributed by atoms with Crippen molar-refractivity contribution in [1.29, 1.82) is 0 Å². The molecule has 7 N–H and O–H groups in total. The molecule has 10 heteroatoms. The molecule has 0 aromatic rings. The van der Waals surface area contributed by atoms with Gasteiger partial charge in [-0.05, 0) is 46.9 Å². The van der Waals surface area contributed by atoms with Crippen molar-refractivity contribution in [2.75, 3.05) is 14.1 Å². The summed E-state index contributed by atoms with van der Waals surface area (Å²) in [6.45, 7) is 4.22. The van der Waals surface area contributed by atoms with E-state index in [1.807, 2.05) is 0 Å². The zero-order valence-electron chi connectivity index (χ0n) is 18.5. The maximum atomic E-state index is 13.3. The van der Waals surface area contributed by atoms with Crippen molar-refractivity contribution < 1.29 is 39.9 Å². The Balaban J connectivity index is 2.41. The minimum absolute atomic E-state index is 0.135. The van der Waals surface area contributed by atoms with Crippen LogP contribution in [0.25, 0.3) is 0 Å². The molecule has 0 unspecified atom stereocenters. The summed E-state index contributed by atoms with van der Waals surface area (Å²) in [5, 5.41) is 54.9. The van der Waals surface area contributed by atoms with Crippen LogP contribution < -0.4 is 5.73 Å². The van der Waals surface area contributed by atoms with Gasteiger partial charge in [-0.2, -0.15) is 0 Å². The van der Waals surface area contributed by atoms with E-state index in [0.717, 1.165) is 0 Å². The molecule has 3 aliphatic carbocycles. The van der Waals surface area contributed by atoms with E-state index in [1.165, 1.54) is 38.9 Å². The molecule has 1 amide bonds. The summed E-state index contributed by atoms with van der Waals surface area (Å²) >= 11 is 0. The number of hydrogen-bond donors (Lipinski definition) is 6. The van der Waals surface area contributed by atoms with Crippen molar-refractivity contribution in [2.24, 2.45) is 17.6 Å². The van der Waals surface area contributed by atoms with Crippen molar-refractivity contribution in [3.05, 3.63) is 45.6 Å². The van der Waals surface area contributed by atoms with E-state index in [1.54, 1.807) is 6.92 Å². The third kappa shape index (κ3) is 2.79. The highest BCUT2D eigenvalue weighted by molar-refractivity contribution is 6.24. The van der Waals surface area contributed by atoms with E-state index in [9.17, 15) is 39.9 Å². The second kappa shape index (κ2) is 7.29. The molecular weight excluding hydrogens is 420 g/mol. The molecule has 0 radical (unpaired) electrons. The molecule has 0 saturated heterocycles. The predicted molar refractivity (Wildman–Crippen MR) is 112 cm³/mol. The van der Waals surface area contributed by atoms with Gasteiger partial charge in [0.05, 0.1) is 17.2 Å². The van der Waals surface area contributed by atoms with Crippen LogP contribution in [0.2, 0.25) is 0 Å². The molecule has 10 nitrogen and oxygen atoms in total. The number of aliphatic hydroxyl groups excluding tert-OH is 3. The summed E-state index contributed by atoms with van der Waals surface area (Å²) in [5.74, 6) is -7.87. The molecule has 1 saturated carbocycles. The molecule has 174 valence electrons. The van der Waals surface area contributed by atoms with Gasteiger partial charge in [0, 0.05) is 17.4 Å². The number of aliphatic hydroxyl groups is 5. The number of carbonyl (C=O) groups is 3. The van der Waals surface area contributed by atoms with Crippen LogP contribution in [-0.4, -0.2) is 79.2 Å². The smallest absolute Gasteiger partial charge is 0.255 e. The standard InChI is InChI=1S/C22H28N2O8/c1-6-9-12(8(2)25)16(26)13-10(21(9,3)31)7-11-15(24(4)5)17(27)14(20(23)30)19(29)22(11,32)18(13)28/h6,10-11,15,25,27-28,31-32H,7H2,1-5H3,(H2,23,30)/b9-6+,12-8-/t10-,11-,15-,21+,22-/m0/s1. The molecule has 3 rings (SSSR count). The van der Waals surface area contributed by atoms with Crippen LogP contribution in [-0.2, 0) is 14.4 Å². The van der Waals surface area contributed by atoms with Gasteiger partial charge < -0.3 is 31.3 Å². The Morgan fingerprint density at radius 1 is 1.22 bits per heavy atom. The molecule has 0 spiro atoms. The summed E-state index contributed by atoms with van der Waals surface area (Å²) in [6.07, 6.45) is 1.27. The number of amides is 1. The molecule has 0 aromatic carbocycles. The Morgan fingerprint density at radius 3 is 2.22 bits per heavy atom. The monoisotopic (exact) mass is 448 g/mol. The van der Waals surface area contributed by atoms with Gasteiger partial charge in [-0.25, -0.2) is 0 Å². The normalized spacial score (nSPS) is 38.2. The van der Waals surface area contributed by atoms with Gasteiger partial charge in [0.25, 0.3) is 5.91 Å². The van der Waals surface area contributed by atoms with Crippen molar-refractivity contribution in [1.82, 2.24) is 4.90 Å². The number of fused-ring (bicyclic) bond motifs is 2. The lowest BCUT2D eigenvalue weighted by atomic mass is 9.54. The molecular formula is C22H28N2O8. The zero-order valence-corrected chi connectivity index (χ0v) is 18.5. The fraction of sp³-hybridized carbons (Fsp3) is 0.500. The van der Waals surface area contributed by atoms with Gasteiger partial charge in [0.15, 0.2) is 11.4 Å². The van der Waals surface area contributed by atoms with E-state index in [0.29, 0.717) is 0 Å². The number of ketones is 2. The van der Waals surface area contributed by atoms with Crippen molar-refractivity contribution >= 4 is 17.5 Å². The number of Topliss-reactive ketones (excluding diaryl/α,β-unsaturated/α-hetero) is 2. The summed E-state index contributed by atoms with van der Waals surface area (Å²) in [7, 11) is 3.06. The predicted octanol–water partition coefficient (Wildman–Crippen LogP) is 0.0880. The van der Waals surface area contributed by atoms with E-state index in [2.05, 4.69) is 0 Å². The van der Waals surface area contributed by atoms with Crippen LogP contribution in [0.4, 0.5) is 0 Å². The van der Waals surface area contributed by atoms with Crippen LogP contribution >= 0.6 is 0 Å². The van der Waals surface area contributed by atoms with Crippen molar-refractivity contribution in [2.45, 2.75) is 44.4 Å². The van der Waals surface area contributed by atoms with Gasteiger partial charge in [0.2, 0.25) is 5.78 Å². The molecule has 0 aliphatic heterocycles. The number of carbonyl (C=O) groups excluding carboxylic acids is 3. The van der Waals surface area contributed by atoms with E-state index in [4.69, 9.17) is 5.73 Å². The van der Waals surface area contributed by atoms with E-state index < -0.39 is 75.0 Å². The first-order valence-electron chi connectivity index (χ1n) is 10.1. The second-order valence-corrected chi connectivity index (χ2v) is 8.92. The van der Waals surface area contributed by atoms with Gasteiger partial charge in [-0.15, -0.1) is 0 Å². The minimum Gasteiger partial charge on any atom is -0.512 e. The number of likely N-dealkylation sites (N-methyl/N-ethyl adjacent to an activating group) is 1. The molecule has 0 bridgehead atoms. The maximum absolute atomic E-state index is 13.3. The lowest BCUT2D eigenvalue weighted by Crippen LogP contribution is -2.65. The summed E-state index contributed by atoms with van der Waals surface area (Å²) in [4.78, 5) is 39.9. The fourth-order valence-corrected chi connectivity index (χ4v) is 5.48. The number of nitrogens with zero attached hydrogens (tertiary/aromatic N) is 1. The Labute approximate surface area is 184 Å². The third-order valence-electron chi connectivity index (χ3n) is 6.90. The average molecular weight is 448 g/mol. The van der Waals surface area contributed by atoms with Crippen molar-refractivity contribution in [3.63, 3.8) is 0 Å². The molecule has 3 aliphatic rings. The Morgan fingerprint density at radius 2 is 1.78 bits per heavy atom. The largest absolute Gasteiger partial charge is 0.512 e. The molecule has 0 aromatic heterocycles. The number of rotatable bonds is 2. The lowest BCUT2D eigenvalue weighted by Gasteiger charge is -2.53. The summed E-state index contributed by atoms with van der Waals surface area (Å²) in [5.41, 5.74) is -0.654. The first-order chi connectivity index (χ1) is 14.6. The summed E-state index contributed by atoms with van der Waals surface area (Å²) < 4.78 is 0. The Kier molecular flexibility index (Phi) is 5.40. The molecule has 1 fully saturated rings. The Bertz CT molecular complexity index is 1060. The Hall–Kier alpha value is -2.95. The third-order valence-corrected chi connectivity index (χ3v) is 6.90. The molecule has 32 heavy (non-hydrogen) atoms. The summed E-state index contributed by atoms with van der Waals surface area (Å²) in [6, 6.07) is -1.12. The van der Waals surface area contributed by atoms with Crippen molar-refractivity contribution in [3.8, 4) is 0 Å². The number of primary amides is 1. The van der Waals surface area contributed by atoms with Gasteiger partial charge >= 0.3 is 0 Å². The molecule has 0 heterocycles. The van der Waals surface area contributed by atoms with Crippen LogP contribution in [0, 0.1) is 11.8 Å². The highest BCUT2D eigenvalue weighted by Crippen LogP contribution is 2.55. The van der Waals surface area contributed by atoms with E-state index in [-0.39, 0.29) is 17.6 Å². The topological polar surface area (TPSA) is 182 Å². The van der Waals surface area contributed by atoms with Gasteiger partial charge in [-0.3, -0.25) is 19.3 Å². The molecule has 5 atom stereocenters. The van der Waals surface area contributed by atoms with Crippen LogP contribution in [0.5, 0.6) is 0 Å². The lowest BCUT2D eigenvalue weighted by molar-refractivity contribution is -0.151. The highest BCUT2D eigenvalue weighted by Gasteiger charge is 2.66. The van der Waals surface area contributed by atoms with Crippen LogP contribution in [0.1, 0.15) is 27.2 Å². The SMILES string of the molecule is C/C=C1\C(=C(/C)O)C(=O)C2=C(O)[C@]3(O)C(=O)C(C(N)=O)=C(O)[C@@H](N(C)C)[C@@H]3C[C@@H]2[C@]1(C)O. The average Bonchev–Trinajstić information content (AvgIpc) is 2.66. The van der Waals surface area contributed by atoms with Gasteiger partial charge in [-0.1, -0.05) is 6.08 Å². The quantitative estimate of drug-likeness (QED) is 0.194.